The lowest BCUT2D eigenvalue weighted by atomic mass is 9.96. The minimum atomic E-state index is -2.74. The number of piperidine rings is 1. The number of aliphatic hydroxyl groups is 1. The zero-order valence-electron chi connectivity index (χ0n) is 19.6. The zero-order chi connectivity index (χ0) is 25.8. The van der Waals surface area contributed by atoms with Crippen molar-refractivity contribution in [2.75, 3.05) is 13.1 Å². The monoisotopic (exact) mass is 512 g/mol. The Morgan fingerprint density at radius 3 is 2.34 bits per heavy atom. The summed E-state index contributed by atoms with van der Waals surface area (Å²) in [6, 6.07) is 1.35. The first kappa shape index (κ1) is 27.0. The first-order chi connectivity index (χ1) is 16.6. The molecule has 13 heteroatoms. The number of fused-ring (bicyclic) bond motifs is 4. The van der Waals surface area contributed by atoms with Gasteiger partial charge in [-0.25, -0.2) is 4.79 Å². The Bertz CT molecular complexity index is 938. The van der Waals surface area contributed by atoms with E-state index >= 15 is 0 Å². The van der Waals surface area contributed by atoms with Gasteiger partial charge in [-0.3, -0.25) is 19.3 Å². The molecule has 35 heavy (non-hydrogen) atoms. The van der Waals surface area contributed by atoms with Crippen molar-refractivity contribution in [3.05, 3.63) is 10.6 Å². The molecule has 2 saturated heterocycles. The number of nitrogens with zero attached hydrogens (tertiary/aromatic N) is 4. The molecule has 12 nitrogen and oxygen atoms in total. The minimum Gasteiger partial charge on any atom is -0.481 e. The van der Waals surface area contributed by atoms with Crippen molar-refractivity contribution in [2.45, 2.75) is 88.4 Å². The van der Waals surface area contributed by atoms with Crippen LogP contribution in [0.4, 0.5) is 0 Å². The normalized spacial score (nSPS) is 23.7. The van der Waals surface area contributed by atoms with Crippen LogP contribution in [0, 0.1) is 0 Å². The van der Waals surface area contributed by atoms with Gasteiger partial charge in [-0.05, 0) is 50.1 Å². The lowest BCUT2D eigenvalue weighted by Gasteiger charge is -2.39. The van der Waals surface area contributed by atoms with Crippen LogP contribution in [0.5, 0.6) is 0 Å². The highest BCUT2D eigenvalue weighted by Gasteiger charge is 2.43. The fraction of sp³-hybridized carbons (Fsp3) is 0.727. The molecule has 3 atom stereocenters. The summed E-state index contributed by atoms with van der Waals surface area (Å²) in [7, 11) is 0. The van der Waals surface area contributed by atoms with Crippen LogP contribution in [0.25, 0.3) is 0 Å². The van der Waals surface area contributed by atoms with Crippen LogP contribution in [-0.4, -0.2) is 94.4 Å². The Morgan fingerprint density at radius 2 is 1.74 bits per heavy atom. The second-order valence-corrected chi connectivity index (χ2v) is 10.1. The summed E-state index contributed by atoms with van der Waals surface area (Å²) in [4.78, 5) is 49.3. The standard InChI is InChI=1S/C16H24N4OS.C6H8O7/c1-2-11-5-3-4-8-19(11)15(21)10-20-12-6-7-14(20)16-13(9-12)17-18-22-16;7-3(8)1-6(13,5(11)12)2-4(9)10/h11-12,14H,2-10H2,1H3;13H,1-2H2,(H,7,8)(H,9,10)(H,11,12). The van der Waals surface area contributed by atoms with E-state index in [4.69, 9.17) is 20.4 Å². The molecule has 1 amide bonds. The van der Waals surface area contributed by atoms with Crippen LogP contribution in [0.15, 0.2) is 0 Å². The van der Waals surface area contributed by atoms with Crippen LogP contribution in [0.2, 0.25) is 0 Å². The van der Waals surface area contributed by atoms with Crippen molar-refractivity contribution >= 4 is 35.3 Å². The highest BCUT2D eigenvalue weighted by atomic mass is 32.1. The van der Waals surface area contributed by atoms with Crippen molar-refractivity contribution < 1.29 is 39.6 Å². The number of rotatable bonds is 8. The van der Waals surface area contributed by atoms with Gasteiger partial charge >= 0.3 is 17.9 Å². The first-order valence-corrected chi connectivity index (χ1v) is 12.6. The van der Waals surface area contributed by atoms with Gasteiger partial charge in [0.1, 0.15) is 0 Å². The molecule has 0 radical (unpaired) electrons. The SMILES string of the molecule is CCC1CCCCN1C(=O)CN1C2CCC1c1snnc1C2.O=C(O)CC(O)(CC(=O)O)C(=O)O. The van der Waals surface area contributed by atoms with E-state index in [0.29, 0.717) is 30.6 Å². The molecular formula is C22H32N4O8S. The van der Waals surface area contributed by atoms with Gasteiger partial charge in [-0.2, -0.15) is 0 Å². The number of likely N-dealkylation sites (tertiary alicyclic amines) is 1. The Morgan fingerprint density at radius 1 is 1.06 bits per heavy atom. The Labute approximate surface area is 206 Å². The number of aliphatic carboxylic acids is 3. The quantitative estimate of drug-likeness (QED) is 0.392. The molecule has 0 aliphatic carbocycles. The highest BCUT2D eigenvalue weighted by Crippen LogP contribution is 2.44. The predicted molar refractivity (Wildman–Crippen MR) is 123 cm³/mol. The number of carbonyl (C=O) groups is 4. The third kappa shape index (κ3) is 6.33. The summed E-state index contributed by atoms with van der Waals surface area (Å²) >= 11 is 1.53. The fourth-order valence-corrected chi connectivity index (χ4v) is 6.06. The van der Waals surface area contributed by atoms with E-state index in [1.165, 1.54) is 41.4 Å². The smallest absolute Gasteiger partial charge is 0.336 e. The molecule has 0 saturated carbocycles. The highest BCUT2D eigenvalue weighted by molar-refractivity contribution is 7.05. The van der Waals surface area contributed by atoms with Crippen molar-refractivity contribution in [3.8, 4) is 0 Å². The zero-order valence-corrected chi connectivity index (χ0v) is 20.4. The largest absolute Gasteiger partial charge is 0.481 e. The van der Waals surface area contributed by atoms with Gasteiger partial charge in [0.2, 0.25) is 5.91 Å². The molecule has 2 fully saturated rings. The van der Waals surface area contributed by atoms with E-state index < -0.39 is 36.4 Å². The summed E-state index contributed by atoms with van der Waals surface area (Å²) in [6.45, 7) is 3.74. The predicted octanol–water partition coefficient (Wildman–Crippen LogP) is 1.14. The number of carbonyl (C=O) groups excluding carboxylic acids is 1. The molecule has 0 spiro atoms. The van der Waals surface area contributed by atoms with E-state index in [1.807, 2.05) is 0 Å². The molecule has 4 rings (SSSR count). The van der Waals surface area contributed by atoms with Crippen LogP contribution in [-0.2, 0) is 25.6 Å². The number of carboxylic acid groups (broad SMARTS) is 3. The third-order valence-corrected chi connectivity index (χ3v) is 7.85. The molecule has 4 heterocycles. The first-order valence-electron chi connectivity index (χ1n) is 11.8. The van der Waals surface area contributed by atoms with Gasteiger partial charge in [0.05, 0.1) is 30.0 Å². The van der Waals surface area contributed by atoms with Crippen molar-refractivity contribution in [1.82, 2.24) is 19.4 Å². The van der Waals surface area contributed by atoms with E-state index in [9.17, 15) is 19.2 Å². The second kappa shape index (κ2) is 11.4. The molecular weight excluding hydrogens is 480 g/mol. The summed E-state index contributed by atoms with van der Waals surface area (Å²) in [5.74, 6) is -4.68. The summed E-state index contributed by atoms with van der Waals surface area (Å²) in [5.41, 5.74) is -1.55. The average molecular weight is 513 g/mol. The number of hydrogen-bond acceptors (Lipinski definition) is 9. The van der Waals surface area contributed by atoms with E-state index in [0.717, 1.165) is 32.2 Å². The lowest BCUT2D eigenvalue weighted by molar-refractivity contribution is -0.170. The van der Waals surface area contributed by atoms with Crippen LogP contribution in [0.3, 0.4) is 0 Å². The second-order valence-electron chi connectivity index (χ2n) is 9.33. The molecule has 0 aromatic carbocycles. The Hall–Kier alpha value is -2.64. The van der Waals surface area contributed by atoms with E-state index in [-0.39, 0.29) is 0 Å². The summed E-state index contributed by atoms with van der Waals surface area (Å²) in [6.07, 6.45) is 5.74. The maximum absolute atomic E-state index is 12.9. The molecule has 4 N–H and O–H groups in total. The molecule has 3 aliphatic heterocycles. The molecule has 3 aliphatic rings. The fourth-order valence-electron chi connectivity index (χ4n) is 5.22. The Kier molecular flexibility index (Phi) is 8.78. The van der Waals surface area contributed by atoms with Crippen LogP contribution in [0.1, 0.15) is 74.9 Å². The van der Waals surface area contributed by atoms with E-state index in [2.05, 4.69) is 26.3 Å². The number of carboxylic acids is 3. The summed E-state index contributed by atoms with van der Waals surface area (Å²) in [5, 5.41) is 38.1. The van der Waals surface area contributed by atoms with Crippen LogP contribution < -0.4 is 0 Å². The Balaban J connectivity index is 0.000000228. The average Bonchev–Trinajstić information content (AvgIpc) is 3.36. The van der Waals surface area contributed by atoms with Gasteiger partial charge in [0, 0.05) is 31.1 Å². The molecule has 194 valence electrons. The van der Waals surface area contributed by atoms with E-state index in [1.54, 1.807) is 0 Å². The number of amides is 1. The molecule has 3 unspecified atom stereocenters. The topological polar surface area (TPSA) is 181 Å². The lowest BCUT2D eigenvalue weighted by Crippen LogP contribution is -2.50. The maximum Gasteiger partial charge on any atom is 0.336 e. The molecule has 1 aromatic heterocycles. The minimum absolute atomic E-state index is 0.337. The van der Waals surface area contributed by atoms with Crippen molar-refractivity contribution in [1.29, 1.82) is 0 Å². The maximum atomic E-state index is 12.9. The number of aromatic nitrogens is 2. The van der Waals surface area contributed by atoms with Gasteiger partial charge in [-0.1, -0.05) is 11.4 Å². The van der Waals surface area contributed by atoms with Gasteiger partial charge in [0.25, 0.3) is 0 Å². The van der Waals surface area contributed by atoms with Crippen molar-refractivity contribution in [2.24, 2.45) is 0 Å². The van der Waals surface area contributed by atoms with Gasteiger partial charge < -0.3 is 25.3 Å². The molecule has 2 bridgehead atoms. The van der Waals surface area contributed by atoms with Crippen LogP contribution >= 0.6 is 11.5 Å². The summed E-state index contributed by atoms with van der Waals surface area (Å²) < 4.78 is 4.12. The number of hydrogen-bond donors (Lipinski definition) is 4. The molecule has 1 aromatic rings. The van der Waals surface area contributed by atoms with Gasteiger partial charge in [0.15, 0.2) is 5.60 Å². The van der Waals surface area contributed by atoms with Gasteiger partial charge in [-0.15, -0.1) is 5.10 Å². The third-order valence-electron chi connectivity index (χ3n) is 6.98. The van der Waals surface area contributed by atoms with Crippen molar-refractivity contribution in [3.63, 3.8) is 0 Å².